The number of carboxylic acids is 1. The molecule has 2 rings (SSSR count). The van der Waals surface area contributed by atoms with E-state index in [0.29, 0.717) is 31.6 Å². The van der Waals surface area contributed by atoms with Crippen LogP contribution < -0.4 is 4.90 Å². The molecule has 1 aliphatic heterocycles. The lowest BCUT2D eigenvalue weighted by Gasteiger charge is -2.37. The second kappa shape index (κ2) is 4.65. The first-order valence-corrected chi connectivity index (χ1v) is 5.91. The van der Waals surface area contributed by atoms with E-state index in [-0.39, 0.29) is 0 Å². The van der Waals surface area contributed by atoms with E-state index in [1.54, 1.807) is 19.1 Å². The summed E-state index contributed by atoms with van der Waals surface area (Å²) in [6.07, 6.45) is 1.20. The molecule has 0 aliphatic carbocycles. The number of aromatic nitrogens is 1. The molecular formula is C13H15N3O2. The van der Waals surface area contributed by atoms with Gasteiger partial charge in [-0.15, -0.1) is 0 Å². The molecule has 18 heavy (non-hydrogen) atoms. The van der Waals surface area contributed by atoms with Crippen molar-refractivity contribution in [2.24, 2.45) is 5.41 Å². The molecule has 0 unspecified atom stereocenters. The topological polar surface area (TPSA) is 77.2 Å². The van der Waals surface area contributed by atoms with Crippen LogP contribution in [-0.2, 0) is 4.79 Å². The van der Waals surface area contributed by atoms with Crippen molar-refractivity contribution in [3.63, 3.8) is 0 Å². The molecule has 0 amide bonds. The van der Waals surface area contributed by atoms with E-state index in [1.165, 1.54) is 0 Å². The second-order valence-corrected chi connectivity index (χ2v) is 4.85. The molecule has 0 atom stereocenters. The smallest absolute Gasteiger partial charge is 0.309 e. The van der Waals surface area contributed by atoms with Crippen LogP contribution in [0.5, 0.6) is 0 Å². The summed E-state index contributed by atoms with van der Waals surface area (Å²) in [5, 5.41) is 18.0. The second-order valence-electron chi connectivity index (χ2n) is 4.85. The number of hydrogen-bond donors (Lipinski definition) is 1. The Morgan fingerprint density at radius 1 is 1.50 bits per heavy atom. The van der Waals surface area contributed by atoms with Gasteiger partial charge in [-0.3, -0.25) is 4.79 Å². The van der Waals surface area contributed by atoms with Crippen LogP contribution in [0.4, 0.5) is 5.82 Å². The standard InChI is InChI=1S/C13H15N3O2/c1-13(12(17)18)5-7-16(8-6-13)11-4-2-3-10(9-14)15-11/h2-4H,5-8H2,1H3,(H,17,18). The van der Waals surface area contributed by atoms with E-state index in [4.69, 9.17) is 10.4 Å². The minimum atomic E-state index is -0.735. The van der Waals surface area contributed by atoms with Crippen molar-refractivity contribution in [3.05, 3.63) is 23.9 Å². The van der Waals surface area contributed by atoms with Crippen molar-refractivity contribution in [1.29, 1.82) is 5.26 Å². The first kappa shape index (κ1) is 12.4. The fraction of sp³-hybridized carbons (Fsp3) is 0.462. The van der Waals surface area contributed by atoms with E-state index >= 15 is 0 Å². The van der Waals surface area contributed by atoms with Crippen LogP contribution in [0.3, 0.4) is 0 Å². The monoisotopic (exact) mass is 245 g/mol. The van der Waals surface area contributed by atoms with Gasteiger partial charge in [0, 0.05) is 13.1 Å². The number of carboxylic acid groups (broad SMARTS) is 1. The molecule has 2 heterocycles. The average molecular weight is 245 g/mol. The van der Waals surface area contributed by atoms with Crippen LogP contribution in [0.2, 0.25) is 0 Å². The highest BCUT2D eigenvalue weighted by Gasteiger charge is 2.37. The van der Waals surface area contributed by atoms with Gasteiger partial charge in [-0.1, -0.05) is 6.07 Å². The molecule has 0 radical (unpaired) electrons. The Morgan fingerprint density at radius 2 is 2.17 bits per heavy atom. The summed E-state index contributed by atoms with van der Waals surface area (Å²) in [7, 11) is 0. The first-order chi connectivity index (χ1) is 8.55. The molecule has 1 saturated heterocycles. The zero-order valence-electron chi connectivity index (χ0n) is 10.3. The fourth-order valence-electron chi connectivity index (χ4n) is 2.10. The molecular weight excluding hydrogens is 230 g/mol. The summed E-state index contributed by atoms with van der Waals surface area (Å²) in [6.45, 7) is 3.10. The molecule has 1 N–H and O–H groups in total. The summed E-state index contributed by atoms with van der Waals surface area (Å²) in [5.74, 6) is 0.0161. The van der Waals surface area contributed by atoms with E-state index in [1.807, 2.05) is 17.0 Å². The highest BCUT2D eigenvalue weighted by Crippen LogP contribution is 2.32. The molecule has 94 valence electrons. The van der Waals surface area contributed by atoms with Gasteiger partial charge in [0.15, 0.2) is 0 Å². The maximum atomic E-state index is 11.1. The molecule has 5 heteroatoms. The number of piperidine rings is 1. The highest BCUT2D eigenvalue weighted by molar-refractivity contribution is 5.74. The maximum absolute atomic E-state index is 11.1. The lowest BCUT2D eigenvalue weighted by molar-refractivity contribution is -0.149. The zero-order valence-corrected chi connectivity index (χ0v) is 10.3. The van der Waals surface area contributed by atoms with Gasteiger partial charge < -0.3 is 10.0 Å². The van der Waals surface area contributed by atoms with E-state index in [2.05, 4.69) is 4.98 Å². The molecule has 0 spiro atoms. The largest absolute Gasteiger partial charge is 0.481 e. The van der Waals surface area contributed by atoms with Crippen LogP contribution in [0.25, 0.3) is 0 Å². The van der Waals surface area contributed by atoms with E-state index < -0.39 is 11.4 Å². The van der Waals surface area contributed by atoms with Crippen LogP contribution in [-0.4, -0.2) is 29.1 Å². The summed E-state index contributed by atoms with van der Waals surface area (Å²) < 4.78 is 0. The number of rotatable bonds is 2. The lowest BCUT2D eigenvalue weighted by Crippen LogP contribution is -2.43. The van der Waals surface area contributed by atoms with Crippen LogP contribution in [0.1, 0.15) is 25.5 Å². The Bertz CT molecular complexity index is 499. The minimum Gasteiger partial charge on any atom is -0.481 e. The number of hydrogen-bond acceptors (Lipinski definition) is 4. The fourth-order valence-corrected chi connectivity index (χ4v) is 2.10. The summed E-state index contributed by atoms with van der Waals surface area (Å²) >= 11 is 0. The van der Waals surface area contributed by atoms with Gasteiger partial charge in [0.1, 0.15) is 17.6 Å². The van der Waals surface area contributed by atoms with Gasteiger partial charge in [0.25, 0.3) is 0 Å². The van der Waals surface area contributed by atoms with Crippen LogP contribution in [0.15, 0.2) is 18.2 Å². The van der Waals surface area contributed by atoms with Gasteiger partial charge in [-0.05, 0) is 31.9 Å². The number of aliphatic carboxylic acids is 1. The van der Waals surface area contributed by atoms with Gasteiger partial charge in [-0.25, -0.2) is 4.98 Å². The van der Waals surface area contributed by atoms with Gasteiger partial charge >= 0.3 is 5.97 Å². The number of nitrogens with zero attached hydrogens (tertiary/aromatic N) is 3. The third-order valence-electron chi connectivity index (χ3n) is 3.56. The molecule has 5 nitrogen and oxygen atoms in total. The minimum absolute atomic E-state index is 0.388. The Balaban J connectivity index is 2.10. The molecule has 1 aliphatic rings. The number of nitriles is 1. The number of anilines is 1. The van der Waals surface area contributed by atoms with E-state index in [9.17, 15) is 4.79 Å². The van der Waals surface area contributed by atoms with Crippen molar-refractivity contribution < 1.29 is 9.90 Å². The third kappa shape index (κ3) is 2.28. The molecule has 0 saturated carbocycles. The Morgan fingerprint density at radius 3 is 2.72 bits per heavy atom. The summed E-state index contributed by atoms with van der Waals surface area (Å²) in [6, 6.07) is 7.32. The first-order valence-electron chi connectivity index (χ1n) is 5.91. The Labute approximate surface area is 106 Å². The average Bonchev–Trinajstić information content (AvgIpc) is 2.39. The molecule has 0 aromatic carbocycles. The predicted octanol–water partition coefficient (Wildman–Crippen LogP) is 1.64. The van der Waals surface area contributed by atoms with Crippen molar-refractivity contribution in [2.45, 2.75) is 19.8 Å². The highest BCUT2D eigenvalue weighted by atomic mass is 16.4. The molecule has 1 aromatic rings. The number of carbonyl (C=O) groups is 1. The molecule has 1 aromatic heterocycles. The van der Waals surface area contributed by atoms with Crippen molar-refractivity contribution in [3.8, 4) is 6.07 Å². The summed E-state index contributed by atoms with van der Waals surface area (Å²) in [5.41, 5.74) is -0.248. The molecule has 1 fully saturated rings. The SMILES string of the molecule is CC1(C(=O)O)CCN(c2cccc(C#N)n2)CC1. The Hall–Kier alpha value is -2.09. The quantitative estimate of drug-likeness (QED) is 0.857. The van der Waals surface area contributed by atoms with Crippen LogP contribution in [0, 0.1) is 16.7 Å². The zero-order chi connectivity index (χ0) is 13.2. The van der Waals surface area contributed by atoms with E-state index in [0.717, 1.165) is 5.82 Å². The van der Waals surface area contributed by atoms with Crippen molar-refractivity contribution in [1.82, 2.24) is 4.98 Å². The van der Waals surface area contributed by atoms with Crippen molar-refractivity contribution in [2.75, 3.05) is 18.0 Å². The van der Waals surface area contributed by atoms with Crippen LogP contribution >= 0.6 is 0 Å². The lowest BCUT2D eigenvalue weighted by atomic mass is 9.80. The summed E-state index contributed by atoms with van der Waals surface area (Å²) in [4.78, 5) is 17.4. The van der Waals surface area contributed by atoms with Gasteiger partial charge in [-0.2, -0.15) is 5.26 Å². The number of pyridine rings is 1. The normalized spacial score (nSPS) is 18.1. The van der Waals surface area contributed by atoms with Gasteiger partial charge in [0.2, 0.25) is 0 Å². The van der Waals surface area contributed by atoms with Crippen molar-refractivity contribution >= 4 is 11.8 Å². The predicted molar refractivity (Wildman–Crippen MR) is 66.1 cm³/mol. The molecule has 0 bridgehead atoms. The third-order valence-corrected chi connectivity index (χ3v) is 3.56. The maximum Gasteiger partial charge on any atom is 0.309 e. The van der Waals surface area contributed by atoms with Gasteiger partial charge in [0.05, 0.1) is 5.41 Å². The Kier molecular flexibility index (Phi) is 3.19.